The van der Waals surface area contributed by atoms with Gasteiger partial charge < -0.3 is 15.0 Å². The molecule has 1 aliphatic heterocycles. The van der Waals surface area contributed by atoms with Gasteiger partial charge in [-0.15, -0.1) is 0 Å². The lowest BCUT2D eigenvalue weighted by Crippen LogP contribution is -2.36. The summed E-state index contributed by atoms with van der Waals surface area (Å²) in [4.78, 5) is 26.3. The molecule has 0 atom stereocenters. The molecule has 126 valence electrons. The van der Waals surface area contributed by atoms with E-state index in [-0.39, 0.29) is 23.5 Å². The zero-order chi connectivity index (χ0) is 17.6. The standard InChI is InChI=1S/C16H11ClFN5O2/c1-25-12-6-10-11(5-8(12)18)23(7-13(24)20-10)15-14-9(3-2-4-19-14)21-16(17)22-15/h2-6H,7H2,1H3,(H,20,24). The van der Waals surface area contributed by atoms with Gasteiger partial charge in [-0.3, -0.25) is 9.78 Å². The highest BCUT2D eigenvalue weighted by atomic mass is 35.5. The number of amides is 1. The van der Waals surface area contributed by atoms with Crippen LogP contribution in [-0.4, -0.2) is 34.5 Å². The van der Waals surface area contributed by atoms with Crippen LogP contribution in [0.3, 0.4) is 0 Å². The van der Waals surface area contributed by atoms with E-state index in [1.807, 2.05) is 0 Å². The molecule has 7 nitrogen and oxygen atoms in total. The van der Waals surface area contributed by atoms with Crippen LogP contribution in [0.15, 0.2) is 30.5 Å². The summed E-state index contributed by atoms with van der Waals surface area (Å²) >= 11 is 6.01. The second-order valence-corrected chi connectivity index (χ2v) is 5.66. The Morgan fingerprint density at radius 1 is 1.36 bits per heavy atom. The highest BCUT2D eigenvalue weighted by Crippen LogP contribution is 2.40. The SMILES string of the molecule is COc1cc2c(cc1F)N(c1nc(Cl)nc3cccnc13)CC(=O)N2. The van der Waals surface area contributed by atoms with Crippen molar-refractivity contribution in [3.05, 3.63) is 41.6 Å². The maximum absolute atomic E-state index is 14.2. The van der Waals surface area contributed by atoms with Crippen LogP contribution in [0.5, 0.6) is 5.75 Å². The molecule has 0 aliphatic carbocycles. The van der Waals surface area contributed by atoms with Crippen molar-refractivity contribution in [1.29, 1.82) is 0 Å². The van der Waals surface area contributed by atoms with Gasteiger partial charge in [0.25, 0.3) is 0 Å². The lowest BCUT2D eigenvalue weighted by molar-refractivity contribution is -0.115. The zero-order valence-corrected chi connectivity index (χ0v) is 13.7. The van der Waals surface area contributed by atoms with Crippen LogP contribution >= 0.6 is 11.6 Å². The first-order valence-corrected chi connectivity index (χ1v) is 7.68. The number of hydrogen-bond donors (Lipinski definition) is 1. The second-order valence-electron chi connectivity index (χ2n) is 5.33. The van der Waals surface area contributed by atoms with Crippen molar-refractivity contribution < 1.29 is 13.9 Å². The normalized spacial score (nSPS) is 13.6. The van der Waals surface area contributed by atoms with Gasteiger partial charge in [-0.05, 0) is 23.7 Å². The number of rotatable bonds is 2. The third-order valence-electron chi connectivity index (χ3n) is 3.80. The van der Waals surface area contributed by atoms with E-state index in [1.165, 1.54) is 19.2 Å². The van der Waals surface area contributed by atoms with Crippen molar-refractivity contribution in [3.8, 4) is 5.75 Å². The fourth-order valence-electron chi connectivity index (χ4n) is 2.74. The summed E-state index contributed by atoms with van der Waals surface area (Å²) in [7, 11) is 1.36. The third-order valence-corrected chi connectivity index (χ3v) is 3.97. The molecule has 1 aromatic carbocycles. The second kappa shape index (κ2) is 5.82. The minimum absolute atomic E-state index is 0.0111. The van der Waals surface area contributed by atoms with Gasteiger partial charge in [-0.25, -0.2) is 9.37 Å². The lowest BCUT2D eigenvalue weighted by Gasteiger charge is -2.30. The average Bonchev–Trinajstić information content (AvgIpc) is 2.60. The molecule has 25 heavy (non-hydrogen) atoms. The number of halogens is 2. The van der Waals surface area contributed by atoms with Crippen molar-refractivity contribution in [2.45, 2.75) is 0 Å². The molecule has 0 saturated carbocycles. The van der Waals surface area contributed by atoms with Crippen molar-refractivity contribution in [2.75, 3.05) is 23.9 Å². The number of fused-ring (bicyclic) bond motifs is 2. The van der Waals surface area contributed by atoms with Crippen LogP contribution in [0.4, 0.5) is 21.6 Å². The van der Waals surface area contributed by atoms with Crippen molar-refractivity contribution >= 4 is 45.7 Å². The highest BCUT2D eigenvalue weighted by Gasteiger charge is 2.28. The van der Waals surface area contributed by atoms with Crippen molar-refractivity contribution in [3.63, 3.8) is 0 Å². The summed E-state index contributed by atoms with van der Waals surface area (Å²) in [5.41, 5.74) is 1.83. The molecule has 1 amide bonds. The predicted molar refractivity (Wildman–Crippen MR) is 90.9 cm³/mol. The summed E-state index contributed by atoms with van der Waals surface area (Å²) in [6.07, 6.45) is 1.59. The van der Waals surface area contributed by atoms with Crippen molar-refractivity contribution in [1.82, 2.24) is 15.0 Å². The number of nitrogens with zero attached hydrogens (tertiary/aromatic N) is 4. The first-order valence-electron chi connectivity index (χ1n) is 7.30. The minimum atomic E-state index is -0.556. The molecule has 0 radical (unpaired) electrons. The predicted octanol–water partition coefficient (Wildman–Crippen LogP) is 2.92. The summed E-state index contributed by atoms with van der Waals surface area (Å²) in [5.74, 6) is -0.472. The molecule has 0 bridgehead atoms. The van der Waals surface area contributed by atoms with Gasteiger partial charge in [0.15, 0.2) is 17.4 Å². The van der Waals surface area contributed by atoms with E-state index in [1.54, 1.807) is 23.2 Å². The number of nitrogens with one attached hydrogen (secondary N) is 1. The van der Waals surface area contributed by atoms with Crippen LogP contribution < -0.4 is 15.0 Å². The number of carbonyl (C=O) groups is 1. The molecule has 3 heterocycles. The Balaban J connectivity index is 1.96. The topological polar surface area (TPSA) is 80.2 Å². The van der Waals surface area contributed by atoms with Gasteiger partial charge in [0.05, 0.1) is 24.0 Å². The van der Waals surface area contributed by atoms with Gasteiger partial charge in [0, 0.05) is 18.3 Å². The van der Waals surface area contributed by atoms with Gasteiger partial charge >= 0.3 is 0 Å². The molecule has 0 unspecified atom stereocenters. The number of anilines is 3. The molecule has 3 aromatic rings. The van der Waals surface area contributed by atoms with Crippen LogP contribution in [0.2, 0.25) is 5.28 Å². The molecule has 0 saturated heterocycles. The molecule has 0 fully saturated rings. The van der Waals surface area contributed by atoms with E-state index in [2.05, 4.69) is 20.3 Å². The Hall–Kier alpha value is -3.00. The Kier molecular flexibility index (Phi) is 3.61. The zero-order valence-electron chi connectivity index (χ0n) is 13.0. The fourth-order valence-corrected chi connectivity index (χ4v) is 2.91. The van der Waals surface area contributed by atoms with E-state index in [4.69, 9.17) is 16.3 Å². The molecule has 1 aliphatic rings. The smallest absolute Gasteiger partial charge is 0.244 e. The Morgan fingerprint density at radius 2 is 2.20 bits per heavy atom. The van der Waals surface area contributed by atoms with E-state index >= 15 is 0 Å². The van der Waals surface area contributed by atoms with Gasteiger partial charge in [0.1, 0.15) is 12.1 Å². The van der Waals surface area contributed by atoms with E-state index in [9.17, 15) is 9.18 Å². The van der Waals surface area contributed by atoms with Crippen LogP contribution in [0.25, 0.3) is 11.0 Å². The van der Waals surface area contributed by atoms with Gasteiger partial charge in [-0.1, -0.05) is 0 Å². The first kappa shape index (κ1) is 15.5. The average molecular weight is 360 g/mol. The number of carbonyl (C=O) groups excluding carboxylic acids is 1. The van der Waals surface area contributed by atoms with Gasteiger partial charge in [-0.2, -0.15) is 4.98 Å². The lowest BCUT2D eigenvalue weighted by atomic mass is 10.1. The maximum atomic E-state index is 14.2. The summed E-state index contributed by atoms with van der Waals surface area (Å²) < 4.78 is 19.2. The van der Waals surface area contributed by atoms with Crippen LogP contribution in [-0.2, 0) is 4.79 Å². The number of aromatic nitrogens is 3. The summed E-state index contributed by atoms with van der Waals surface area (Å²) in [6.45, 7) is -0.0578. The van der Waals surface area contributed by atoms with Crippen LogP contribution in [0.1, 0.15) is 0 Å². The Labute approximate surface area is 146 Å². The number of hydrogen-bond acceptors (Lipinski definition) is 6. The third kappa shape index (κ3) is 2.60. The van der Waals surface area contributed by atoms with Crippen LogP contribution in [0, 0.1) is 5.82 Å². The fraction of sp³-hybridized carbons (Fsp3) is 0.125. The summed E-state index contributed by atoms with van der Waals surface area (Å²) in [6, 6.07) is 6.15. The number of pyridine rings is 1. The van der Waals surface area contributed by atoms with Crippen molar-refractivity contribution in [2.24, 2.45) is 0 Å². The number of methoxy groups -OCH3 is 1. The molecular formula is C16H11ClFN5O2. The highest BCUT2D eigenvalue weighted by molar-refractivity contribution is 6.28. The molecule has 2 aromatic heterocycles. The molecule has 9 heteroatoms. The molecular weight excluding hydrogens is 349 g/mol. The monoisotopic (exact) mass is 359 g/mol. The minimum Gasteiger partial charge on any atom is -0.494 e. The Morgan fingerprint density at radius 3 is 3.00 bits per heavy atom. The molecule has 4 rings (SSSR count). The molecule has 0 spiro atoms. The largest absolute Gasteiger partial charge is 0.494 e. The van der Waals surface area contributed by atoms with E-state index in [0.29, 0.717) is 28.2 Å². The number of benzene rings is 1. The maximum Gasteiger partial charge on any atom is 0.244 e. The summed E-state index contributed by atoms with van der Waals surface area (Å²) in [5, 5.41) is 2.71. The quantitative estimate of drug-likeness (QED) is 0.709. The van der Waals surface area contributed by atoms with E-state index in [0.717, 1.165) is 0 Å². The Bertz CT molecular complexity index is 1010. The molecule has 1 N–H and O–H groups in total. The van der Waals surface area contributed by atoms with Gasteiger partial charge in [0.2, 0.25) is 11.2 Å². The van der Waals surface area contributed by atoms with E-state index < -0.39 is 5.82 Å². The first-order chi connectivity index (χ1) is 12.1. The number of ether oxygens (including phenoxy) is 1.